The molecule has 0 spiro atoms. The molecule has 1 nitrogen and oxygen atoms in total. The number of benzene rings is 8. The van der Waals surface area contributed by atoms with Crippen molar-refractivity contribution in [2.24, 2.45) is 0 Å². The van der Waals surface area contributed by atoms with E-state index in [9.17, 15) is 0 Å². The van der Waals surface area contributed by atoms with Crippen LogP contribution in [0.1, 0.15) is 11.1 Å². The van der Waals surface area contributed by atoms with Gasteiger partial charge in [-0.1, -0.05) is 115 Å². The van der Waals surface area contributed by atoms with E-state index in [0.29, 0.717) is 0 Å². The first-order valence-electron chi connectivity index (χ1n) is 14.0. The summed E-state index contributed by atoms with van der Waals surface area (Å²) in [5.41, 5.74) is 6.45. The molecule has 1 heteroatoms. The maximum atomic E-state index is 2.46. The Kier molecular flexibility index (Phi) is 4.45. The molecule has 0 amide bonds. The molecule has 9 rings (SSSR count). The summed E-state index contributed by atoms with van der Waals surface area (Å²) in [6.45, 7) is 0. The topological polar surface area (TPSA) is 3.24 Å². The zero-order valence-corrected chi connectivity index (χ0v) is 21.9. The lowest BCUT2D eigenvalue weighted by molar-refractivity contribution is 1.09. The van der Waals surface area contributed by atoms with Crippen LogP contribution in [0.15, 0.2) is 140 Å². The number of para-hydroxylation sites is 2. The van der Waals surface area contributed by atoms with Crippen LogP contribution in [0.2, 0.25) is 0 Å². The van der Waals surface area contributed by atoms with E-state index in [1.165, 1.54) is 82.1 Å². The molecule has 0 saturated heterocycles. The van der Waals surface area contributed by atoms with Gasteiger partial charge in [-0.05, 0) is 89.3 Å². The number of hydrogen-bond donors (Lipinski definition) is 0. The highest BCUT2D eigenvalue weighted by Crippen LogP contribution is 2.48. The molecular formula is C39H25N. The number of rotatable bonds is 1. The van der Waals surface area contributed by atoms with Crippen LogP contribution >= 0.6 is 0 Å². The van der Waals surface area contributed by atoms with E-state index in [4.69, 9.17) is 0 Å². The number of anilines is 3. The Hall–Kier alpha value is -5.14. The third-order valence-corrected chi connectivity index (χ3v) is 8.80. The Bertz CT molecular complexity index is 2250. The van der Waals surface area contributed by atoms with Gasteiger partial charge in [-0.2, -0.15) is 0 Å². The summed E-state index contributed by atoms with van der Waals surface area (Å²) >= 11 is 0. The van der Waals surface area contributed by atoms with E-state index in [0.717, 1.165) is 6.42 Å². The molecule has 0 saturated carbocycles. The van der Waals surface area contributed by atoms with Gasteiger partial charge < -0.3 is 4.90 Å². The molecule has 1 heterocycles. The number of fused-ring (bicyclic) bond motifs is 13. The van der Waals surface area contributed by atoms with Crippen LogP contribution in [0, 0.1) is 0 Å². The van der Waals surface area contributed by atoms with Crippen molar-refractivity contribution in [1.82, 2.24) is 0 Å². The summed E-state index contributed by atoms with van der Waals surface area (Å²) in [7, 11) is 0. The van der Waals surface area contributed by atoms with Crippen molar-refractivity contribution >= 4 is 70.9 Å². The molecular weight excluding hydrogens is 482 g/mol. The van der Waals surface area contributed by atoms with Crippen molar-refractivity contribution in [2.45, 2.75) is 6.42 Å². The van der Waals surface area contributed by atoms with Crippen LogP contribution in [0.3, 0.4) is 0 Å². The lowest BCUT2D eigenvalue weighted by Crippen LogP contribution is -2.18. The van der Waals surface area contributed by atoms with Crippen molar-refractivity contribution in [3.63, 3.8) is 0 Å². The zero-order chi connectivity index (χ0) is 26.2. The van der Waals surface area contributed by atoms with Crippen molar-refractivity contribution in [3.05, 3.63) is 151 Å². The standard InChI is InChI=1S/C39H25N/c1-9-19-36-25(11-1)23-26-12-2-10-20-37(26)40(36)27-21-22-31-30-15-5-7-17-33(30)38-32-16-6-3-13-28(32)29-14-4-8-18-34(29)39(38)35(31)24-27/h1-22,24H,23H2. The first-order valence-corrected chi connectivity index (χ1v) is 14.0. The average Bonchev–Trinajstić information content (AvgIpc) is 3.03. The molecule has 0 N–H and O–H groups in total. The highest BCUT2D eigenvalue weighted by molar-refractivity contribution is 6.39. The van der Waals surface area contributed by atoms with Gasteiger partial charge in [0.2, 0.25) is 0 Å². The van der Waals surface area contributed by atoms with E-state index in [1.54, 1.807) is 0 Å². The van der Waals surface area contributed by atoms with E-state index in [1.807, 2.05) is 0 Å². The van der Waals surface area contributed by atoms with Crippen LogP contribution in [-0.4, -0.2) is 0 Å². The SMILES string of the molecule is c1ccc2c(c1)Cc1ccccc1N2c1ccc2c3ccccc3c3c4ccccc4c4ccccc4c3c2c1. The van der Waals surface area contributed by atoms with Gasteiger partial charge in [-0.25, -0.2) is 0 Å². The molecule has 1 aliphatic heterocycles. The second-order valence-electron chi connectivity index (χ2n) is 10.9. The fourth-order valence-electron chi connectivity index (χ4n) is 7.12. The highest BCUT2D eigenvalue weighted by Gasteiger charge is 2.24. The van der Waals surface area contributed by atoms with E-state index >= 15 is 0 Å². The van der Waals surface area contributed by atoms with Gasteiger partial charge in [0, 0.05) is 23.5 Å². The normalized spacial score (nSPS) is 12.8. The third kappa shape index (κ3) is 2.92. The molecule has 0 aliphatic carbocycles. The van der Waals surface area contributed by atoms with Crippen LogP contribution in [0.4, 0.5) is 17.1 Å². The van der Waals surface area contributed by atoms with E-state index in [-0.39, 0.29) is 0 Å². The Morgan fingerprint density at radius 1 is 0.350 bits per heavy atom. The van der Waals surface area contributed by atoms with Gasteiger partial charge in [0.15, 0.2) is 0 Å². The van der Waals surface area contributed by atoms with Gasteiger partial charge in [-0.3, -0.25) is 0 Å². The first-order chi connectivity index (χ1) is 19.9. The fraction of sp³-hybridized carbons (Fsp3) is 0.0256. The molecule has 0 atom stereocenters. The van der Waals surface area contributed by atoms with Crippen LogP contribution in [-0.2, 0) is 6.42 Å². The third-order valence-electron chi connectivity index (χ3n) is 8.80. The minimum absolute atomic E-state index is 0.959. The Morgan fingerprint density at radius 3 is 1.27 bits per heavy atom. The first kappa shape index (κ1) is 21.8. The molecule has 0 bridgehead atoms. The van der Waals surface area contributed by atoms with Gasteiger partial charge in [-0.15, -0.1) is 0 Å². The minimum Gasteiger partial charge on any atom is -0.310 e. The Labute approximate surface area is 232 Å². The maximum Gasteiger partial charge on any atom is 0.0497 e. The summed E-state index contributed by atoms with van der Waals surface area (Å²) in [4.78, 5) is 2.46. The van der Waals surface area contributed by atoms with Crippen molar-refractivity contribution < 1.29 is 0 Å². The summed E-state index contributed by atoms with van der Waals surface area (Å²) in [5, 5.41) is 13.1. The molecule has 0 unspecified atom stereocenters. The van der Waals surface area contributed by atoms with Gasteiger partial charge in [0.1, 0.15) is 0 Å². The second kappa shape index (κ2) is 8.18. The summed E-state index contributed by atoms with van der Waals surface area (Å²) in [6, 6.07) is 51.5. The number of nitrogens with zero attached hydrogens (tertiary/aromatic N) is 1. The predicted molar refractivity (Wildman–Crippen MR) is 171 cm³/mol. The van der Waals surface area contributed by atoms with Gasteiger partial charge >= 0.3 is 0 Å². The molecule has 40 heavy (non-hydrogen) atoms. The zero-order valence-electron chi connectivity index (χ0n) is 21.9. The quantitative estimate of drug-likeness (QED) is 0.200. The molecule has 8 aromatic carbocycles. The highest BCUT2D eigenvalue weighted by atomic mass is 15.2. The van der Waals surface area contributed by atoms with E-state index < -0.39 is 0 Å². The largest absolute Gasteiger partial charge is 0.310 e. The summed E-state index contributed by atoms with van der Waals surface area (Å²) < 4.78 is 0. The maximum absolute atomic E-state index is 2.46. The van der Waals surface area contributed by atoms with Crippen LogP contribution < -0.4 is 4.90 Å². The lowest BCUT2D eigenvalue weighted by atomic mass is 9.87. The summed E-state index contributed by atoms with van der Waals surface area (Å²) in [6.07, 6.45) is 0.959. The van der Waals surface area contributed by atoms with E-state index in [2.05, 4.69) is 144 Å². The smallest absolute Gasteiger partial charge is 0.0497 e. The molecule has 8 aromatic rings. The van der Waals surface area contributed by atoms with Crippen molar-refractivity contribution in [1.29, 1.82) is 0 Å². The molecule has 0 fully saturated rings. The molecule has 0 radical (unpaired) electrons. The van der Waals surface area contributed by atoms with Gasteiger partial charge in [0.05, 0.1) is 0 Å². The number of hydrogen-bond acceptors (Lipinski definition) is 1. The van der Waals surface area contributed by atoms with Crippen molar-refractivity contribution in [3.8, 4) is 0 Å². The monoisotopic (exact) mass is 507 g/mol. The predicted octanol–water partition coefficient (Wildman–Crippen LogP) is 10.8. The lowest BCUT2D eigenvalue weighted by Gasteiger charge is -2.33. The van der Waals surface area contributed by atoms with Crippen LogP contribution in [0.25, 0.3) is 53.9 Å². The Balaban J connectivity index is 1.48. The second-order valence-corrected chi connectivity index (χ2v) is 10.9. The molecule has 1 aliphatic rings. The molecule has 186 valence electrons. The molecule has 0 aromatic heterocycles. The van der Waals surface area contributed by atoms with Crippen molar-refractivity contribution in [2.75, 3.05) is 4.90 Å². The van der Waals surface area contributed by atoms with Gasteiger partial charge in [0.25, 0.3) is 0 Å². The van der Waals surface area contributed by atoms with Crippen LogP contribution in [0.5, 0.6) is 0 Å². The minimum atomic E-state index is 0.959. The average molecular weight is 508 g/mol. The fourth-order valence-corrected chi connectivity index (χ4v) is 7.12. The Morgan fingerprint density at radius 2 is 0.750 bits per heavy atom. The summed E-state index contributed by atoms with van der Waals surface area (Å²) in [5.74, 6) is 0.